The van der Waals surface area contributed by atoms with Crippen LogP contribution in [0.2, 0.25) is 0 Å². The third-order valence-electron chi connectivity index (χ3n) is 2.81. The minimum atomic E-state index is -1.07. The van der Waals surface area contributed by atoms with E-state index in [2.05, 4.69) is 10.4 Å². The normalized spacial score (nSPS) is 21.6. The molecule has 1 aromatic heterocycles. The Morgan fingerprint density at radius 3 is 2.75 bits per heavy atom. The van der Waals surface area contributed by atoms with Gasteiger partial charge in [-0.15, -0.1) is 0 Å². The predicted octanol–water partition coefficient (Wildman–Crippen LogP) is -1.06. The number of carbonyl (C=O) groups is 3. The number of aromatic nitrogens is 2. The molecule has 1 saturated heterocycles. The molecule has 0 bridgehead atoms. The number of hydrogen-bond donors (Lipinski definition) is 3. The molecule has 20 heavy (non-hydrogen) atoms. The molecule has 2 atom stereocenters. The second-order valence-electron chi connectivity index (χ2n) is 4.41. The average Bonchev–Trinajstić information content (AvgIpc) is 2.97. The summed E-state index contributed by atoms with van der Waals surface area (Å²) in [6.45, 7) is -0.0864. The van der Waals surface area contributed by atoms with Crippen LogP contribution in [0.15, 0.2) is 12.4 Å². The summed E-state index contributed by atoms with van der Waals surface area (Å²) in [4.78, 5) is 33.3. The molecule has 2 rings (SSSR count). The van der Waals surface area contributed by atoms with E-state index < -0.39 is 30.0 Å². The van der Waals surface area contributed by atoms with Crippen LogP contribution in [0.1, 0.15) is 12.8 Å². The van der Waals surface area contributed by atoms with E-state index in [4.69, 9.17) is 15.6 Å². The zero-order valence-corrected chi connectivity index (χ0v) is 10.5. The fourth-order valence-corrected chi connectivity index (χ4v) is 1.91. The van der Waals surface area contributed by atoms with Crippen LogP contribution < -0.4 is 11.1 Å². The maximum Gasteiger partial charge on any atom is 0.332 e. The van der Waals surface area contributed by atoms with Gasteiger partial charge >= 0.3 is 5.97 Å². The summed E-state index contributed by atoms with van der Waals surface area (Å²) < 4.78 is 6.40. The fourth-order valence-electron chi connectivity index (χ4n) is 1.91. The molecule has 0 aliphatic carbocycles. The Morgan fingerprint density at radius 2 is 2.15 bits per heavy atom. The van der Waals surface area contributed by atoms with Crippen molar-refractivity contribution in [1.29, 1.82) is 0 Å². The van der Waals surface area contributed by atoms with Gasteiger partial charge in [-0.25, -0.2) is 4.79 Å². The van der Waals surface area contributed by atoms with Gasteiger partial charge in [0.2, 0.25) is 5.91 Å². The minimum Gasteiger partial charge on any atom is -0.479 e. The molecule has 1 aromatic rings. The number of aliphatic carboxylic acids is 1. The fraction of sp³-hybridized carbons (Fsp3) is 0.455. The lowest BCUT2D eigenvalue weighted by Crippen LogP contribution is -2.29. The molecule has 108 valence electrons. The number of anilines is 1. The van der Waals surface area contributed by atoms with E-state index >= 15 is 0 Å². The van der Waals surface area contributed by atoms with Crippen molar-refractivity contribution in [3.8, 4) is 0 Å². The lowest BCUT2D eigenvalue weighted by Gasteiger charge is -2.10. The zero-order chi connectivity index (χ0) is 14.7. The summed E-state index contributed by atoms with van der Waals surface area (Å²) in [5.74, 6) is -2.06. The molecule has 0 saturated carbocycles. The van der Waals surface area contributed by atoms with Gasteiger partial charge < -0.3 is 20.9 Å². The first-order chi connectivity index (χ1) is 9.45. The van der Waals surface area contributed by atoms with Crippen molar-refractivity contribution in [2.24, 2.45) is 5.73 Å². The van der Waals surface area contributed by atoms with Gasteiger partial charge in [0, 0.05) is 6.20 Å². The van der Waals surface area contributed by atoms with Crippen molar-refractivity contribution in [3.05, 3.63) is 12.4 Å². The van der Waals surface area contributed by atoms with Crippen LogP contribution in [0.4, 0.5) is 5.69 Å². The van der Waals surface area contributed by atoms with Crippen LogP contribution in [0.5, 0.6) is 0 Å². The van der Waals surface area contributed by atoms with Gasteiger partial charge in [0.05, 0.1) is 11.9 Å². The van der Waals surface area contributed by atoms with Crippen molar-refractivity contribution in [2.75, 3.05) is 5.32 Å². The quantitative estimate of drug-likeness (QED) is 0.629. The van der Waals surface area contributed by atoms with Crippen molar-refractivity contribution in [1.82, 2.24) is 9.78 Å². The largest absolute Gasteiger partial charge is 0.479 e. The zero-order valence-electron chi connectivity index (χ0n) is 10.5. The highest BCUT2D eigenvalue weighted by atomic mass is 16.5. The van der Waals surface area contributed by atoms with E-state index in [1.165, 1.54) is 17.1 Å². The van der Waals surface area contributed by atoms with Crippen LogP contribution in [-0.2, 0) is 25.7 Å². The van der Waals surface area contributed by atoms with Crippen molar-refractivity contribution >= 4 is 23.5 Å². The van der Waals surface area contributed by atoms with Crippen LogP contribution in [0.25, 0.3) is 0 Å². The molecule has 9 heteroatoms. The van der Waals surface area contributed by atoms with Gasteiger partial charge in [0.15, 0.2) is 6.10 Å². The standard InChI is InChI=1S/C11H14N4O5/c12-9(16)5-15-4-6(3-13-15)14-10(17)7-1-2-8(20-7)11(18)19/h3-4,7-8H,1-2,5H2,(H2,12,16)(H,14,17)(H,18,19). The number of carbonyl (C=O) groups excluding carboxylic acids is 2. The number of nitrogens with zero attached hydrogens (tertiary/aromatic N) is 2. The number of ether oxygens (including phenoxy) is 1. The molecule has 0 radical (unpaired) electrons. The minimum absolute atomic E-state index is 0.0864. The van der Waals surface area contributed by atoms with Gasteiger partial charge in [0.1, 0.15) is 12.6 Å². The Balaban J connectivity index is 1.90. The maximum absolute atomic E-state index is 11.9. The number of amides is 2. The molecule has 0 aromatic carbocycles. The number of carboxylic acids is 1. The Bertz CT molecular complexity index is 541. The number of primary amides is 1. The highest BCUT2D eigenvalue weighted by Crippen LogP contribution is 2.21. The Kier molecular flexibility index (Phi) is 3.99. The molecule has 1 fully saturated rings. The van der Waals surface area contributed by atoms with E-state index in [0.717, 1.165) is 0 Å². The first-order valence-electron chi connectivity index (χ1n) is 5.95. The van der Waals surface area contributed by atoms with Gasteiger partial charge in [-0.1, -0.05) is 0 Å². The first-order valence-corrected chi connectivity index (χ1v) is 5.95. The van der Waals surface area contributed by atoms with Crippen LogP contribution in [-0.4, -0.2) is 44.9 Å². The number of carboxylic acid groups (broad SMARTS) is 1. The number of hydrogen-bond acceptors (Lipinski definition) is 5. The molecule has 1 aliphatic rings. The molecule has 2 amide bonds. The summed E-state index contributed by atoms with van der Waals surface area (Å²) in [6.07, 6.45) is 1.72. The lowest BCUT2D eigenvalue weighted by molar-refractivity contribution is -0.150. The molecule has 2 heterocycles. The molecule has 0 spiro atoms. The van der Waals surface area contributed by atoms with E-state index in [-0.39, 0.29) is 6.54 Å². The van der Waals surface area contributed by atoms with Crippen molar-refractivity contribution < 1.29 is 24.2 Å². The van der Waals surface area contributed by atoms with Gasteiger partial charge in [-0.2, -0.15) is 5.10 Å². The van der Waals surface area contributed by atoms with Crippen molar-refractivity contribution in [3.63, 3.8) is 0 Å². The van der Waals surface area contributed by atoms with E-state index in [0.29, 0.717) is 18.5 Å². The van der Waals surface area contributed by atoms with Gasteiger partial charge in [0.25, 0.3) is 5.91 Å². The first kappa shape index (κ1) is 14.0. The molecular formula is C11H14N4O5. The number of rotatable bonds is 5. The lowest BCUT2D eigenvalue weighted by atomic mass is 10.2. The second kappa shape index (κ2) is 5.70. The predicted molar refractivity (Wildman–Crippen MR) is 65.6 cm³/mol. The molecule has 9 nitrogen and oxygen atoms in total. The summed E-state index contributed by atoms with van der Waals surface area (Å²) >= 11 is 0. The van der Waals surface area contributed by atoms with Crippen LogP contribution >= 0.6 is 0 Å². The summed E-state index contributed by atoms with van der Waals surface area (Å²) in [5.41, 5.74) is 5.40. The summed E-state index contributed by atoms with van der Waals surface area (Å²) in [5, 5.41) is 15.2. The third kappa shape index (κ3) is 3.32. The monoisotopic (exact) mass is 282 g/mol. The third-order valence-corrected chi connectivity index (χ3v) is 2.81. The van der Waals surface area contributed by atoms with Crippen molar-refractivity contribution in [2.45, 2.75) is 31.6 Å². The molecule has 4 N–H and O–H groups in total. The highest BCUT2D eigenvalue weighted by Gasteiger charge is 2.34. The van der Waals surface area contributed by atoms with E-state index in [9.17, 15) is 14.4 Å². The van der Waals surface area contributed by atoms with E-state index in [1.807, 2.05) is 0 Å². The summed E-state index contributed by atoms with van der Waals surface area (Å²) in [7, 11) is 0. The smallest absolute Gasteiger partial charge is 0.332 e. The number of nitrogens with one attached hydrogen (secondary N) is 1. The van der Waals surface area contributed by atoms with Crippen LogP contribution in [0.3, 0.4) is 0 Å². The molecule has 1 aliphatic heterocycles. The topological polar surface area (TPSA) is 137 Å². The number of nitrogens with two attached hydrogens (primary N) is 1. The summed E-state index contributed by atoms with van der Waals surface area (Å²) in [6, 6.07) is 0. The Hall–Kier alpha value is -2.42. The highest BCUT2D eigenvalue weighted by molar-refractivity contribution is 5.94. The molecular weight excluding hydrogens is 268 g/mol. The van der Waals surface area contributed by atoms with Gasteiger partial charge in [-0.05, 0) is 12.8 Å². The van der Waals surface area contributed by atoms with E-state index in [1.54, 1.807) is 0 Å². The van der Waals surface area contributed by atoms with Crippen LogP contribution in [0, 0.1) is 0 Å². The SMILES string of the molecule is NC(=O)Cn1cc(NC(=O)C2CCC(C(=O)O)O2)cn1. The molecule has 2 unspecified atom stereocenters. The Labute approximate surface area is 113 Å². The average molecular weight is 282 g/mol. The maximum atomic E-state index is 11.9. The second-order valence-corrected chi connectivity index (χ2v) is 4.41. The van der Waals surface area contributed by atoms with Gasteiger partial charge in [-0.3, -0.25) is 14.3 Å². The Morgan fingerprint density at radius 1 is 1.45 bits per heavy atom.